The molecule has 0 aliphatic heterocycles. The predicted octanol–water partition coefficient (Wildman–Crippen LogP) is 3.90. The van der Waals surface area contributed by atoms with E-state index in [-0.39, 0.29) is 5.69 Å². The van der Waals surface area contributed by atoms with Crippen LogP contribution in [0.4, 0.5) is 14.5 Å². The summed E-state index contributed by atoms with van der Waals surface area (Å²) < 4.78 is 38.5. The van der Waals surface area contributed by atoms with Crippen LogP contribution in [0.2, 0.25) is 0 Å². The molecule has 0 spiro atoms. The first kappa shape index (κ1) is 21.9. The Morgan fingerprint density at radius 3 is 2.48 bits per heavy atom. The Hall–Kier alpha value is -3.42. The van der Waals surface area contributed by atoms with E-state index in [1.807, 2.05) is 13.8 Å². The average molecular weight is 404 g/mol. The van der Waals surface area contributed by atoms with Gasteiger partial charge in [-0.15, -0.1) is 0 Å². The fraction of sp³-hybridized carbons (Fsp3) is 0.238. The number of primary amides is 1. The zero-order valence-electron chi connectivity index (χ0n) is 16.1. The summed E-state index contributed by atoms with van der Waals surface area (Å²) >= 11 is 0. The summed E-state index contributed by atoms with van der Waals surface area (Å²) in [6, 6.07) is 6.52. The van der Waals surface area contributed by atoms with E-state index < -0.39 is 29.0 Å². The molecule has 0 saturated heterocycles. The highest BCUT2D eigenvalue weighted by atomic mass is 19.1. The second-order valence-electron chi connectivity index (χ2n) is 5.99. The second kappa shape index (κ2) is 10.2. The Morgan fingerprint density at radius 1 is 1.07 bits per heavy atom. The van der Waals surface area contributed by atoms with Crippen LogP contribution in [0.25, 0.3) is 6.08 Å². The fourth-order valence-electron chi connectivity index (χ4n) is 2.41. The molecule has 0 radical (unpaired) electrons. The lowest BCUT2D eigenvalue weighted by Crippen LogP contribution is -2.16. The Bertz CT molecular complexity index is 929. The summed E-state index contributed by atoms with van der Waals surface area (Å²) in [6.45, 7) is 4.83. The third-order valence-electron chi connectivity index (χ3n) is 3.74. The van der Waals surface area contributed by atoms with Crippen molar-refractivity contribution < 1.29 is 27.8 Å². The van der Waals surface area contributed by atoms with E-state index in [0.717, 1.165) is 12.5 Å². The monoisotopic (exact) mass is 404 g/mol. The standard InChI is InChI=1S/C21H22F2N2O4/c1-3-9-29-18-7-5-13(10-19(18)28-4-2)6-8-20(26)25-17-11-14(21(24)27)15(22)12-16(17)23/h5-8,10-12H,3-4,9H2,1-2H3,(H2,24,27)(H,25,26)/b8-6+. The molecule has 0 saturated carbocycles. The third kappa shape index (κ3) is 6.03. The number of ether oxygens (including phenoxy) is 2. The van der Waals surface area contributed by atoms with E-state index in [1.54, 1.807) is 18.2 Å². The molecule has 8 heteroatoms. The predicted molar refractivity (Wildman–Crippen MR) is 106 cm³/mol. The summed E-state index contributed by atoms with van der Waals surface area (Å²) in [7, 11) is 0. The first-order valence-electron chi connectivity index (χ1n) is 9.03. The zero-order chi connectivity index (χ0) is 21.4. The Kier molecular flexibility index (Phi) is 7.70. The maximum Gasteiger partial charge on any atom is 0.251 e. The van der Waals surface area contributed by atoms with Gasteiger partial charge in [-0.3, -0.25) is 9.59 Å². The van der Waals surface area contributed by atoms with Crippen molar-refractivity contribution in [2.75, 3.05) is 18.5 Å². The molecule has 2 amide bonds. The molecule has 0 fully saturated rings. The van der Waals surface area contributed by atoms with Crippen molar-refractivity contribution in [2.24, 2.45) is 5.73 Å². The summed E-state index contributed by atoms with van der Waals surface area (Å²) in [5.74, 6) is -2.72. The van der Waals surface area contributed by atoms with Crippen LogP contribution in [-0.4, -0.2) is 25.0 Å². The molecule has 154 valence electrons. The number of hydrogen-bond donors (Lipinski definition) is 2. The van der Waals surface area contributed by atoms with Gasteiger partial charge < -0.3 is 20.5 Å². The number of hydrogen-bond acceptors (Lipinski definition) is 4. The molecule has 0 aliphatic carbocycles. The number of nitrogens with one attached hydrogen (secondary N) is 1. The van der Waals surface area contributed by atoms with Gasteiger partial charge >= 0.3 is 0 Å². The molecular weight excluding hydrogens is 382 g/mol. The minimum Gasteiger partial charge on any atom is -0.490 e. The van der Waals surface area contributed by atoms with Crippen LogP contribution in [0.5, 0.6) is 11.5 Å². The van der Waals surface area contributed by atoms with Crippen LogP contribution in [-0.2, 0) is 4.79 Å². The highest BCUT2D eigenvalue weighted by molar-refractivity contribution is 6.03. The van der Waals surface area contributed by atoms with Crippen molar-refractivity contribution in [3.63, 3.8) is 0 Å². The number of halogens is 2. The first-order valence-corrected chi connectivity index (χ1v) is 9.03. The largest absolute Gasteiger partial charge is 0.490 e. The summed E-state index contributed by atoms with van der Waals surface area (Å²) in [5.41, 5.74) is 4.82. The molecular formula is C21H22F2N2O4. The lowest BCUT2D eigenvalue weighted by Gasteiger charge is -2.12. The normalized spacial score (nSPS) is 10.8. The van der Waals surface area contributed by atoms with Crippen LogP contribution in [0, 0.1) is 11.6 Å². The molecule has 2 aromatic rings. The molecule has 0 atom stereocenters. The SMILES string of the molecule is CCCOc1ccc(/C=C/C(=O)Nc2cc(C(N)=O)c(F)cc2F)cc1OCC. The van der Waals surface area contributed by atoms with E-state index in [4.69, 9.17) is 15.2 Å². The number of carbonyl (C=O) groups is 2. The summed E-state index contributed by atoms with van der Waals surface area (Å²) in [4.78, 5) is 23.3. The molecule has 29 heavy (non-hydrogen) atoms. The molecule has 0 unspecified atom stereocenters. The van der Waals surface area contributed by atoms with E-state index in [1.165, 1.54) is 12.2 Å². The molecule has 0 aliphatic rings. The van der Waals surface area contributed by atoms with Crippen LogP contribution >= 0.6 is 0 Å². The number of amides is 2. The van der Waals surface area contributed by atoms with Gasteiger partial charge in [0, 0.05) is 12.1 Å². The Balaban J connectivity index is 2.15. The van der Waals surface area contributed by atoms with E-state index in [9.17, 15) is 18.4 Å². The van der Waals surface area contributed by atoms with Gasteiger partial charge in [-0.25, -0.2) is 8.78 Å². The van der Waals surface area contributed by atoms with Gasteiger partial charge in [0.25, 0.3) is 5.91 Å². The number of anilines is 1. The van der Waals surface area contributed by atoms with Gasteiger partial charge in [0.1, 0.15) is 11.6 Å². The molecule has 0 heterocycles. The van der Waals surface area contributed by atoms with Crippen LogP contribution in [0.3, 0.4) is 0 Å². The van der Waals surface area contributed by atoms with Crippen LogP contribution < -0.4 is 20.5 Å². The van der Waals surface area contributed by atoms with E-state index in [0.29, 0.717) is 36.3 Å². The fourth-order valence-corrected chi connectivity index (χ4v) is 2.41. The van der Waals surface area contributed by atoms with Gasteiger partial charge in [-0.2, -0.15) is 0 Å². The molecule has 0 aromatic heterocycles. The van der Waals surface area contributed by atoms with Crippen LogP contribution in [0.15, 0.2) is 36.4 Å². The van der Waals surface area contributed by atoms with Crippen molar-refractivity contribution in [3.8, 4) is 11.5 Å². The third-order valence-corrected chi connectivity index (χ3v) is 3.74. The lowest BCUT2D eigenvalue weighted by atomic mass is 10.1. The van der Waals surface area contributed by atoms with Crippen molar-refractivity contribution in [1.82, 2.24) is 0 Å². The molecule has 2 rings (SSSR count). The number of benzene rings is 2. The van der Waals surface area contributed by atoms with Crippen molar-refractivity contribution in [2.45, 2.75) is 20.3 Å². The van der Waals surface area contributed by atoms with Crippen molar-refractivity contribution >= 4 is 23.6 Å². The number of carbonyl (C=O) groups excluding carboxylic acids is 2. The van der Waals surface area contributed by atoms with Gasteiger partial charge in [0.05, 0.1) is 24.5 Å². The smallest absolute Gasteiger partial charge is 0.251 e. The molecule has 3 N–H and O–H groups in total. The summed E-state index contributed by atoms with van der Waals surface area (Å²) in [5, 5.41) is 2.25. The van der Waals surface area contributed by atoms with Gasteiger partial charge in [-0.05, 0) is 43.2 Å². The van der Waals surface area contributed by atoms with Gasteiger partial charge in [0.2, 0.25) is 5.91 Å². The van der Waals surface area contributed by atoms with Crippen molar-refractivity contribution in [3.05, 3.63) is 59.2 Å². The number of nitrogens with two attached hydrogens (primary N) is 1. The quantitative estimate of drug-likeness (QED) is 0.620. The lowest BCUT2D eigenvalue weighted by molar-refractivity contribution is -0.111. The molecule has 6 nitrogen and oxygen atoms in total. The Morgan fingerprint density at radius 2 is 1.83 bits per heavy atom. The maximum atomic E-state index is 13.8. The molecule has 2 aromatic carbocycles. The first-order chi connectivity index (χ1) is 13.8. The minimum atomic E-state index is -1.10. The second-order valence-corrected chi connectivity index (χ2v) is 5.99. The zero-order valence-corrected chi connectivity index (χ0v) is 16.1. The van der Waals surface area contributed by atoms with E-state index in [2.05, 4.69) is 5.32 Å². The highest BCUT2D eigenvalue weighted by Crippen LogP contribution is 2.29. The van der Waals surface area contributed by atoms with Crippen LogP contribution in [0.1, 0.15) is 36.2 Å². The number of rotatable bonds is 9. The van der Waals surface area contributed by atoms with E-state index >= 15 is 0 Å². The summed E-state index contributed by atoms with van der Waals surface area (Å²) in [6.07, 6.45) is 3.52. The average Bonchev–Trinajstić information content (AvgIpc) is 2.67. The Labute approximate surface area is 167 Å². The highest BCUT2D eigenvalue weighted by Gasteiger charge is 2.15. The molecule has 0 bridgehead atoms. The minimum absolute atomic E-state index is 0.354. The maximum absolute atomic E-state index is 13.8. The van der Waals surface area contributed by atoms with Gasteiger partial charge in [0.15, 0.2) is 11.5 Å². The van der Waals surface area contributed by atoms with Crippen molar-refractivity contribution in [1.29, 1.82) is 0 Å². The topological polar surface area (TPSA) is 90.6 Å². The van der Waals surface area contributed by atoms with Gasteiger partial charge in [-0.1, -0.05) is 13.0 Å².